The molecule has 0 aromatic heterocycles. The minimum absolute atomic E-state index is 0.0149. The van der Waals surface area contributed by atoms with Gasteiger partial charge in [-0.05, 0) is 36.9 Å². The number of amides is 1. The number of guanidine groups is 1. The summed E-state index contributed by atoms with van der Waals surface area (Å²) in [6, 6.07) is 4.19. The van der Waals surface area contributed by atoms with Crippen LogP contribution in [0.3, 0.4) is 0 Å². The van der Waals surface area contributed by atoms with Crippen molar-refractivity contribution < 1.29 is 18.7 Å². The van der Waals surface area contributed by atoms with Gasteiger partial charge in [0.25, 0.3) is 0 Å². The lowest BCUT2D eigenvalue weighted by Gasteiger charge is -2.45. The number of nitrogens with zero attached hydrogens (tertiary/aromatic N) is 2. The van der Waals surface area contributed by atoms with E-state index in [2.05, 4.69) is 4.99 Å². The van der Waals surface area contributed by atoms with Gasteiger partial charge in [-0.2, -0.15) is 0 Å². The van der Waals surface area contributed by atoms with Crippen LogP contribution in [0.4, 0.5) is 4.39 Å². The first-order valence-electron chi connectivity index (χ1n) is 8.41. The Morgan fingerprint density at radius 2 is 2.26 bits per heavy atom. The number of nitrogens with two attached hydrogens (primary N) is 3. The first-order valence-corrected chi connectivity index (χ1v) is 8.41. The van der Waals surface area contributed by atoms with Crippen molar-refractivity contribution in [3.63, 3.8) is 0 Å². The summed E-state index contributed by atoms with van der Waals surface area (Å²) in [5.74, 6) is -0.709. The van der Waals surface area contributed by atoms with E-state index in [4.69, 9.17) is 26.7 Å². The van der Waals surface area contributed by atoms with Crippen molar-refractivity contribution in [2.75, 3.05) is 20.3 Å². The molecular weight excluding hydrogens is 353 g/mol. The Bertz CT molecular complexity index is 838. The SMILES string of the molecule is CN1C(=O)C2CCOCC2(c2cc(OC(/C=C\N)=C/N)ccc2F)N=C1N. The molecule has 0 radical (unpaired) electrons. The smallest absolute Gasteiger partial charge is 0.235 e. The van der Waals surface area contributed by atoms with Gasteiger partial charge in [0, 0.05) is 25.4 Å². The van der Waals surface area contributed by atoms with Crippen LogP contribution in [0.5, 0.6) is 5.75 Å². The zero-order chi connectivity index (χ0) is 19.6. The quantitative estimate of drug-likeness (QED) is 0.519. The van der Waals surface area contributed by atoms with Crippen molar-refractivity contribution >= 4 is 11.9 Å². The van der Waals surface area contributed by atoms with E-state index < -0.39 is 17.3 Å². The lowest BCUT2D eigenvalue weighted by Crippen LogP contribution is -2.58. The molecule has 6 N–H and O–H groups in total. The van der Waals surface area contributed by atoms with Crippen molar-refractivity contribution in [3.8, 4) is 5.75 Å². The van der Waals surface area contributed by atoms with E-state index >= 15 is 0 Å². The number of rotatable bonds is 4. The maximum absolute atomic E-state index is 14.8. The molecule has 9 heteroatoms. The van der Waals surface area contributed by atoms with Crippen molar-refractivity contribution in [1.82, 2.24) is 4.90 Å². The third-order valence-electron chi connectivity index (χ3n) is 4.80. The zero-order valence-electron chi connectivity index (χ0n) is 14.9. The average Bonchev–Trinajstić information content (AvgIpc) is 2.67. The zero-order valence-corrected chi connectivity index (χ0v) is 14.9. The molecular formula is C18H22FN5O3. The molecule has 0 aliphatic carbocycles. The van der Waals surface area contributed by atoms with Gasteiger partial charge in [-0.3, -0.25) is 9.69 Å². The van der Waals surface area contributed by atoms with Gasteiger partial charge in [-0.1, -0.05) is 0 Å². The summed E-state index contributed by atoms with van der Waals surface area (Å²) in [6.45, 7) is 0.432. The summed E-state index contributed by atoms with van der Waals surface area (Å²) in [4.78, 5) is 18.5. The molecule has 8 nitrogen and oxygen atoms in total. The number of carbonyl (C=O) groups excluding carboxylic acids is 1. The molecule has 2 unspecified atom stereocenters. The normalized spacial score (nSPS) is 26.1. The summed E-state index contributed by atoms with van der Waals surface area (Å²) in [5.41, 5.74) is 15.7. The number of halogens is 1. The van der Waals surface area contributed by atoms with Gasteiger partial charge in [0.2, 0.25) is 5.91 Å². The van der Waals surface area contributed by atoms with Crippen LogP contribution in [0.1, 0.15) is 12.0 Å². The molecule has 1 aromatic carbocycles. The number of benzene rings is 1. The topological polar surface area (TPSA) is 129 Å². The van der Waals surface area contributed by atoms with Crippen molar-refractivity contribution in [2.24, 2.45) is 28.1 Å². The van der Waals surface area contributed by atoms with Gasteiger partial charge in [0.1, 0.15) is 22.9 Å². The average molecular weight is 375 g/mol. The monoisotopic (exact) mass is 375 g/mol. The number of fused-ring (bicyclic) bond motifs is 1. The summed E-state index contributed by atoms with van der Waals surface area (Å²) in [5, 5.41) is 0. The Morgan fingerprint density at radius 3 is 2.96 bits per heavy atom. The molecule has 2 aliphatic heterocycles. The summed E-state index contributed by atoms with van der Waals surface area (Å²) >= 11 is 0. The first-order chi connectivity index (χ1) is 12.9. The highest BCUT2D eigenvalue weighted by atomic mass is 19.1. The van der Waals surface area contributed by atoms with Crippen LogP contribution >= 0.6 is 0 Å². The molecule has 0 bridgehead atoms. The fraction of sp³-hybridized carbons (Fsp3) is 0.333. The van der Waals surface area contributed by atoms with E-state index in [0.29, 0.717) is 18.8 Å². The number of aliphatic imine (C=N–C) groups is 1. The van der Waals surface area contributed by atoms with Gasteiger partial charge in [0.05, 0.1) is 12.5 Å². The predicted octanol–water partition coefficient (Wildman–Crippen LogP) is 0.496. The molecule has 3 rings (SSSR count). The maximum atomic E-state index is 14.8. The van der Waals surface area contributed by atoms with Gasteiger partial charge in [-0.15, -0.1) is 0 Å². The fourth-order valence-corrected chi connectivity index (χ4v) is 3.41. The van der Waals surface area contributed by atoms with Crippen LogP contribution < -0.4 is 21.9 Å². The Kier molecular flexibility index (Phi) is 5.04. The Morgan fingerprint density at radius 1 is 1.48 bits per heavy atom. The molecule has 0 saturated carbocycles. The van der Waals surface area contributed by atoms with Crippen LogP contribution in [-0.2, 0) is 15.1 Å². The standard InChI is InChI=1S/C18H22FN5O3/c1-24-16(25)13-5-7-26-10-18(13,23-17(24)22)14-8-11(2-3-15(14)19)27-12(9-21)4-6-20/h2-4,6,8-9,13H,5,7,10,20-21H2,1H3,(H2,22,23)/b6-4-,12-9+. The molecule has 1 aromatic rings. The minimum Gasteiger partial charge on any atom is -0.456 e. The summed E-state index contributed by atoms with van der Waals surface area (Å²) < 4.78 is 26.0. The molecule has 2 atom stereocenters. The van der Waals surface area contributed by atoms with Crippen LogP contribution in [0.15, 0.2) is 47.4 Å². The lowest BCUT2D eigenvalue weighted by molar-refractivity contribution is -0.140. The molecule has 2 aliphatic rings. The molecule has 2 heterocycles. The number of hydrogen-bond donors (Lipinski definition) is 3. The van der Waals surface area contributed by atoms with Crippen LogP contribution in [-0.4, -0.2) is 37.0 Å². The van der Waals surface area contributed by atoms with E-state index in [1.54, 1.807) is 7.05 Å². The summed E-state index contributed by atoms with van der Waals surface area (Å²) in [6.07, 6.45) is 4.37. The minimum atomic E-state index is -1.24. The van der Waals surface area contributed by atoms with Gasteiger partial charge < -0.3 is 26.7 Å². The Labute approximate surface area is 156 Å². The van der Waals surface area contributed by atoms with Crippen molar-refractivity contribution in [1.29, 1.82) is 0 Å². The second-order valence-electron chi connectivity index (χ2n) is 6.36. The van der Waals surface area contributed by atoms with E-state index in [1.165, 1.54) is 41.6 Å². The molecule has 144 valence electrons. The third-order valence-corrected chi connectivity index (χ3v) is 4.80. The van der Waals surface area contributed by atoms with Crippen molar-refractivity contribution in [2.45, 2.75) is 12.0 Å². The van der Waals surface area contributed by atoms with E-state index in [-0.39, 0.29) is 29.8 Å². The van der Waals surface area contributed by atoms with Crippen molar-refractivity contribution in [3.05, 3.63) is 53.8 Å². The van der Waals surface area contributed by atoms with Crippen LogP contribution in [0, 0.1) is 11.7 Å². The number of allylic oxidation sites excluding steroid dienone is 1. The highest BCUT2D eigenvalue weighted by molar-refractivity contribution is 6.00. The number of hydrogen-bond acceptors (Lipinski definition) is 7. The fourth-order valence-electron chi connectivity index (χ4n) is 3.41. The van der Waals surface area contributed by atoms with E-state index in [0.717, 1.165) is 0 Å². The van der Waals surface area contributed by atoms with Crippen LogP contribution in [0.2, 0.25) is 0 Å². The molecule has 1 saturated heterocycles. The second kappa shape index (κ2) is 7.28. The molecule has 1 amide bonds. The number of carbonyl (C=O) groups is 1. The van der Waals surface area contributed by atoms with Gasteiger partial charge >= 0.3 is 0 Å². The third kappa shape index (κ3) is 3.21. The van der Waals surface area contributed by atoms with Gasteiger partial charge in [0.15, 0.2) is 5.96 Å². The largest absolute Gasteiger partial charge is 0.456 e. The predicted molar refractivity (Wildman–Crippen MR) is 97.6 cm³/mol. The Hall–Kier alpha value is -3.07. The molecule has 27 heavy (non-hydrogen) atoms. The lowest BCUT2D eigenvalue weighted by atomic mass is 9.74. The number of ether oxygens (including phenoxy) is 2. The highest BCUT2D eigenvalue weighted by Gasteiger charge is 2.52. The molecule has 1 fully saturated rings. The van der Waals surface area contributed by atoms with Crippen LogP contribution in [0.25, 0.3) is 0 Å². The molecule has 0 spiro atoms. The van der Waals surface area contributed by atoms with E-state index in [9.17, 15) is 9.18 Å². The maximum Gasteiger partial charge on any atom is 0.235 e. The van der Waals surface area contributed by atoms with Gasteiger partial charge in [-0.25, -0.2) is 9.38 Å². The highest BCUT2D eigenvalue weighted by Crippen LogP contribution is 2.44. The Balaban J connectivity index is 2.10. The van der Waals surface area contributed by atoms with E-state index in [1.807, 2.05) is 0 Å². The second-order valence-corrected chi connectivity index (χ2v) is 6.36. The first kappa shape index (κ1) is 18.7. The summed E-state index contributed by atoms with van der Waals surface area (Å²) in [7, 11) is 1.55.